The van der Waals surface area contributed by atoms with Crippen LogP contribution in [-0.2, 0) is 19.4 Å². The molecule has 1 aromatic heterocycles. The lowest BCUT2D eigenvalue weighted by Gasteiger charge is -2.27. The number of hydrogen-bond donors (Lipinski definition) is 1. The van der Waals surface area contributed by atoms with Crippen molar-refractivity contribution in [3.05, 3.63) is 29.6 Å². The number of hydrogen-bond acceptors (Lipinski definition) is 3. The second-order valence-electron chi connectivity index (χ2n) is 7.71. The van der Waals surface area contributed by atoms with Crippen molar-refractivity contribution in [3.8, 4) is 0 Å². The van der Waals surface area contributed by atoms with E-state index in [2.05, 4.69) is 25.7 Å². The van der Waals surface area contributed by atoms with Crippen molar-refractivity contribution in [2.45, 2.75) is 77.4 Å². The molecule has 1 unspecified atom stereocenters. The van der Waals surface area contributed by atoms with E-state index in [1.54, 1.807) is 0 Å². The molecule has 1 fully saturated rings. The van der Waals surface area contributed by atoms with E-state index in [0.29, 0.717) is 24.3 Å². The van der Waals surface area contributed by atoms with Gasteiger partial charge in [0.15, 0.2) is 5.69 Å². The summed E-state index contributed by atoms with van der Waals surface area (Å²) in [4.78, 5) is 15.2. The lowest BCUT2D eigenvalue weighted by atomic mass is 9.90. The first kappa shape index (κ1) is 18.2. The Balaban J connectivity index is 1.87. The number of nitrogens with one attached hydrogen (secondary N) is 1. The van der Waals surface area contributed by atoms with Gasteiger partial charge in [-0.3, -0.25) is 9.48 Å². The third kappa shape index (κ3) is 4.14. The Hall–Kier alpha value is -1.62. The van der Waals surface area contributed by atoms with Crippen LogP contribution >= 0.6 is 0 Å². The van der Waals surface area contributed by atoms with Crippen molar-refractivity contribution >= 4 is 5.91 Å². The minimum absolute atomic E-state index is 0.131. The largest absolute Gasteiger partial charge is 0.337 e. The standard InChI is InChI=1S/C20H32N4O/c1-4-11-24-18-10-9-16(21-15(2)3)14-17(18)19(22-24)20(25)23-12-7-5-6-8-13-23/h4,15-16,21H,1,5-14H2,2-3H3. The molecule has 0 spiro atoms. The molecule has 1 atom stereocenters. The molecule has 0 saturated carbocycles. The van der Waals surface area contributed by atoms with Crippen molar-refractivity contribution < 1.29 is 4.79 Å². The fourth-order valence-electron chi connectivity index (χ4n) is 4.17. The number of carbonyl (C=O) groups is 1. The molecule has 25 heavy (non-hydrogen) atoms. The molecule has 0 aromatic carbocycles. The minimum atomic E-state index is 0.131. The van der Waals surface area contributed by atoms with Gasteiger partial charge in [-0.1, -0.05) is 32.8 Å². The van der Waals surface area contributed by atoms with Gasteiger partial charge in [0.25, 0.3) is 5.91 Å². The number of likely N-dealkylation sites (tertiary alicyclic amines) is 1. The predicted molar refractivity (Wildman–Crippen MR) is 101 cm³/mol. The molecule has 2 aliphatic rings. The summed E-state index contributed by atoms with van der Waals surface area (Å²) in [6.07, 6.45) is 9.53. The SMILES string of the molecule is C=CCn1nc(C(=O)N2CCCCCC2)c2c1CCC(NC(C)C)C2. The second-order valence-corrected chi connectivity index (χ2v) is 7.71. The molecule has 2 heterocycles. The molecule has 1 aliphatic carbocycles. The van der Waals surface area contributed by atoms with E-state index >= 15 is 0 Å². The fourth-order valence-corrected chi connectivity index (χ4v) is 4.17. The Morgan fingerprint density at radius 2 is 2.04 bits per heavy atom. The first-order valence-electron chi connectivity index (χ1n) is 9.85. The van der Waals surface area contributed by atoms with Crippen molar-refractivity contribution in [3.63, 3.8) is 0 Å². The molecule has 1 aliphatic heterocycles. The van der Waals surface area contributed by atoms with E-state index in [0.717, 1.165) is 45.2 Å². The lowest BCUT2D eigenvalue weighted by Crippen LogP contribution is -2.40. The average molecular weight is 345 g/mol. The zero-order valence-electron chi connectivity index (χ0n) is 15.8. The molecule has 1 N–H and O–H groups in total. The van der Waals surface area contributed by atoms with Gasteiger partial charge < -0.3 is 10.2 Å². The Labute approximate surface area is 151 Å². The number of carbonyl (C=O) groups excluding carboxylic acids is 1. The highest BCUT2D eigenvalue weighted by Gasteiger charge is 2.31. The summed E-state index contributed by atoms with van der Waals surface area (Å²) < 4.78 is 2.00. The van der Waals surface area contributed by atoms with Gasteiger partial charge in [0.05, 0.1) is 6.54 Å². The second kappa shape index (κ2) is 8.17. The minimum Gasteiger partial charge on any atom is -0.337 e. The molecule has 1 saturated heterocycles. The van der Waals surface area contributed by atoms with E-state index < -0.39 is 0 Å². The van der Waals surface area contributed by atoms with Gasteiger partial charge in [0, 0.05) is 36.4 Å². The number of aromatic nitrogens is 2. The average Bonchev–Trinajstić information content (AvgIpc) is 2.75. The van der Waals surface area contributed by atoms with Gasteiger partial charge in [0.1, 0.15) is 0 Å². The van der Waals surface area contributed by atoms with Crippen LogP contribution in [0.15, 0.2) is 12.7 Å². The Morgan fingerprint density at radius 3 is 2.68 bits per heavy atom. The number of allylic oxidation sites excluding steroid dienone is 1. The van der Waals surface area contributed by atoms with E-state index in [-0.39, 0.29) is 5.91 Å². The van der Waals surface area contributed by atoms with Crippen LogP contribution in [0.3, 0.4) is 0 Å². The van der Waals surface area contributed by atoms with E-state index in [9.17, 15) is 4.79 Å². The zero-order chi connectivity index (χ0) is 17.8. The highest BCUT2D eigenvalue weighted by atomic mass is 16.2. The maximum Gasteiger partial charge on any atom is 0.274 e. The van der Waals surface area contributed by atoms with Crippen molar-refractivity contribution in [1.29, 1.82) is 0 Å². The molecule has 1 amide bonds. The highest BCUT2D eigenvalue weighted by molar-refractivity contribution is 5.94. The van der Waals surface area contributed by atoms with Gasteiger partial charge >= 0.3 is 0 Å². The number of amides is 1. The number of fused-ring (bicyclic) bond motifs is 1. The first-order valence-corrected chi connectivity index (χ1v) is 9.85. The van der Waals surface area contributed by atoms with Crippen LogP contribution in [0.2, 0.25) is 0 Å². The predicted octanol–water partition coefficient (Wildman–Crippen LogP) is 2.94. The third-order valence-electron chi connectivity index (χ3n) is 5.31. The molecule has 5 heteroatoms. The van der Waals surface area contributed by atoms with Crippen molar-refractivity contribution in [2.24, 2.45) is 0 Å². The van der Waals surface area contributed by atoms with Gasteiger partial charge in [-0.25, -0.2) is 0 Å². The van der Waals surface area contributed by atoms with Crippen LogP contribution < -0.4 is 5.32 Å². The number of nitrogens with zero attached hydrogens (tertiary/aromatic N) is 3. The van der Waals surface area contributed by atoms with Gasteiger partial charge in [-0.15, -0.1) is 6.58 Å². The normalized spacial score (nSPS) is 21.1. The molecular formula is C20H32N4O. The summed E-state index contributed by atoms with van der Waals surface area (Å²) in [6, 6.07) is 0.893. The molecule has 0 bridgehead atoms. The van der Waals surface area contributed by atoms with E-state index in [1.165, 1.54) is 24.1 Å². The zero-order valence-corrected chi connectivity index (χ0v) is 15.8. The van der Waals surface area contributed by atoms with Crippen molar-refractivity contribution in [2.75, 3.05) is 13.1 Å². The Bertz CT molecular complexity index is 611. The summed E-state index contributed by atoms with van der Waals surface area (Å²) in [5.41, 5.74) is 3.09. The van der Waals surface area contributed by atoms with E-state index in [4.69, 9.17) is 5.10 Å². The third-order valence-corrected chi connectivity index (χ3v) is 5.31. The van der Waals surface area contributed by atoms with Crippen LogP contribution in [0.1, 0.15) is 67.7 Å². The quantitative estimate of drug-likeness (QED) is 0.836. The van der Waals surface area contributed by atoms with E-state index in [1.807, 2.05) is 15.7 Å². The highest BCUT2D eigenvalue weighted by Crippen LogP contribution is 2.27. The van der Waals surface area contributed by atoms with Gasteiger partial charge in [-0.2, -0.15) is 5.10 Å². The first-order chi connectivity index (χ1) is 12.1. The van der Waals surface area contributed by atoms with Gasteiger partial charge in [-0.05, 0) is 32.1 Å². The molecule has 1 aromatic rings. The van der Waals surface area contributed by atoms with Crippen LogP contribution in [0.5, 0.6) is 0 Å². The maximum absolute atomic E-state index is 13.2. The van der Waals surface area contributed by atoms with Crippen LogP contribution in [-0.4, -0.2) is 45.8 Å². The summed E-state index contributed by atoms with van der Waals surface area (Å²) in [5.74, 6) is 0.131. The molecule has 0 radical (unpaired) electrons. The summed E-state index contributed by atoms with van der Waals surface area (Å²) in [5, 5.41) is 8.36. The fraction of sp³-hybridized carbons (Fsp3) is 0.700. The summed E-state index contributed by atoms with van der Waals surface area (Å²) in [6.45, 7) is 10.6. The van der Waals surface area contributed by atoms with Crippen LogP contribution in [0, 0.1) is 0 Å². The Morgan fingerprint density at radius 1 is 1.32 bits per heavy atom. The molecule has 138 valence electrons. The Kier molecular flexibility index (Phi) is 5.94. The summed E-state index contributed by atoms with van der Waals surface area (Å²) in [7, 11) is 0. The monoisotopic (exact) mass is 344 g/mol. The molecule has 3 rings (SSSR count). The van der Waals surface area contributed by atoms with Crippen molar-refractivity contribution in [1.82, 2.24) is 20.0 Å². The maximum atomic E-state index is 13.2. The molecular weight excluding hydrogens is 312 g/mol. The lowest BCUT2D eigenvalue weighted by molar-refractivity contribution is 0.0753. The van der Waals surface area contributed by atoms with Crippen LogP contribution in [0.4, 0.5) is 0 Å². The number of rotatable bonds is 5. The topological polar surface area (TPSA) is 50.2 Å². The van der Waals surface area contributed by atoms with Gasteiger partial charge in [0.2, 0.25) is 0 Å². The summed E-state index contributed by atoms with van der Waals surface area (Å²) >= 11 is 0. The smallest absolute Gasteiger partial charge is 0.274 e. The molecule has 5 nitrogen and oxygen atoms in total. The van der Waals surface area contributed by atoms with Crippen LogP contribution in [0.25, 0.3) is 0 Å².